The second kappa shape index (κ2) is 4.45. The van der Waals surface area contributed by atoms with Crippen molar-refractivity contribution in [2.45, 2.75) is 24.8 Å². The van der Waals surface area contributed by atoms with Gasteiger partial charge in [0, 0.05) is 0 Å². The SMILES string of the molecule is O=C(O)C1(Nc2cccc(Cl)c2[N+](=O)[O-])CCC1. The number of hydrogen-bond acceptors (Lipinski definition) is 4. The lowest BCUT2D eigenvalue weighted by atomic mass is 9.76. The first-order valence-corrected chi connectivity index (χ1v) is 5.78. The molecule has 7 heteroatoms. The normalized spacial score (nSPS) is 16.7. The molecule has 0 saturated heterocycles. The predicted molar refractivity (Wildman–Crippen MR) is 65.9 cm³/mol. The van der Waals surface area contributed by atoms with Crippen molar-refractivity contribution < 1.29 is 14.8 Å². The maximum Gasteiger partial charge on any atom is 0.329 e. The standard InChI is InChI=1S/C11H11ClN2O4/c12-7-3-1-4-8(9(7)14(17)18)13-11(10(15)16)5-2-6-11/h1,3-4,13H,2,5-6H2,(H,15,16). The number of halogens is 1. The number of carboxylic acids is 1. The maximum absolute atomic E-state index is 11.2. The number of para-hydroxylation sites is 1. The Morgan fingerprint density at radius 3 is 2.61 bits per heavy atom. The van der Waals surface area contributed by atoms with Gasteiger partial charge in [-0.3, -0.25) is 10.1 Å². The third-order valence-electron chi connectivity index (χ3n) is 3.16. The number of nitro groups is 1. The van der Waals surface area contributed by atoms with Crippen LogP contribution in [0.4, 0.5) is 11.4 Å². The van der Waals surface area contributed by atoms with Crippen molar-refractivity contribution in [3.63, 3.8) is 0 Å². The number of nitrogens with one attached hydrogen (secondary N) is 1. The number of anilines is 1. The Balaban J connectivity index is 2.37. The Morgan fingerprint density at radius 1 is 1.50 bits per heavy atom. The van der Waals surface area contributed by atoms with Gasteiger partial charge in [0.1, 0.15) is 16.2 Å². The van der Waals surface area contributed by atoms with Gasteiger partial charge in [0.25, 0.3) is 0 Å². The number of aliphatic carboxylic acids is 1. The minimum Gasteiger partial charge on any atom is -0.480 e. The Kier molecular flexibility index (Phi) is 3.13. The molecule has 1 aromatic rings. The second-order valence-corrected chi connectivity index (χ2v) is 4.67. The van der Waals surface area contributed by atoms with Crippen LogP contribution in [0, 0.1) is 10.1 Å². The van der Waals surface area contributed by atoms with Gasteiger partial charge in [0.2, 0.25) is 0 Å². The van der Waals surface area contributed by atoms with Gasteiger partial charge >= 0.3 is 11.7 Å². The Morgan fingerprint density at radius 2 is 2.17 bits per heavy atom. The summed E-state index contributed by atoms with van der Waals surface area (Å²) >= 11 is 5.76. The summed E-state index contributed by atoms with van der Waals surface area (Å²) in [5.74, 6) is -0.997. The van der Waals surface area contributed by atoms with Gasteiger partial charge < -0.3 is 10.4 Å². The molecule has 0 spiro atoms. The maximum atomic E-state index is 11.2. The third kappa shape index (κ3) is 1.99. The van der Waals surface area contributed by atoms with Crippen molar-refractivity contribution in [1.82, 2.24) is 0 Å². The van der Waals surface area contributed by atoms with Gasteiger partial charge in [-0.15, -0.1) is 0 Å². The molecule has 1 saturated carbocycles. The molecule has 1 aromatic carbocycles. The molecule has 2 rings (SSSR count). The average molecular weight is 271 g/mol. The Hall–Kier alpha value is -1.82. The van der Waals surface area contributed by atoms with E-state index in [1.165, 1.54) is 12.1 Å². The molecular formula is C11H11ClN2O4. The van der Waals surface area contributed by atoms with Gasteiger partial charge in [-0.1, -0.05) is 17.7 Å². The van der Waals surface area contributed by atoms with Gasteiger partial charge in [-0.2, -0.15) is 0 Å². The van der Waals surface area contributed by atoms with E-state index in [4.69, 9.17) is 11.6 Å². The molecule has 0 atom stereocenters. The van der Waals surface area contributed by atoms with Gasteiger partial charge in [0.05, 0.1) is 4.92 Å². The average Bonchev–Trinajstić information content (AvgIpc) is 2.22. The molecule has 2 N–H and O–H groups in total. The van der Waals surface area contributed by atoms with Crippen molar-refractivity contribution in [3.8, 4) is 0 Å². The van der Waals surface area contributed by atoms with Gasteiger partial charge in [0.15, 0.2) is 0 Å². The highest BCUT2D eigenvalue weighted by molar-refractivity contribution is 6.33. The highest BCUT2D eigenvalue weighted by Crippen LogP contribution is 2.40. The number of nitro benzene ring substituents is 1. The lowest BCUT2D eigenvalue weighted by molar-refractivity contribution is -0.383. The van der Waals surface area contributed by atoms with Crippen LogP contribution >= 0.6 is 11.6 Å². The fourth-order valence-electron chi connectivity index (χ4n) is 1.98. The minimum atomic E-state index is -1.10. The highest BCUT2D eigenvalue weighted by atomic mass is 35.5. The lowest BCUT2D eigenvalue weighted by Gasteiger charge is -2.38. The fourth-order valence-corrected chi connectivity index (χ4v) is 2.23. The van der Waals surface area contributed by atoms with Crippen LogP contribution in [0.1, 0.15) is 19.3 Å². The smallest absolute Gasteiger partial charge is 0.329 e. The summed E-state index contributed by atoms with van der Waals surface area (Å²) in [6.07, 6.45) is 1.69. The lowest BCUT2D eigenvalue weighted by Crippen LogP contribution is -2.52. The van der Waals surface area contributed by atoms with Crippen LogP contribution in [-0.2, 0) is 4.79 Å². The first-order valence-electron chi connectivity index (χ1n) is 5.41. The Bertz CT molecular complexity index is 514. The molecule has 0 heterocycles. The number of carbonyl (C=O) groups is 1. The Labute approximate surface area is 108 Å². The predicted octanol–water partition coefficient (Wildman–Crippen LogP) is 2.67. The van der Waals surface area contributed by atoms with E-state index in [0.29, 0.717) is 12.8 Å². The van der Waals surface area contributed by atoms with Crippen molar-refractivity contribution in [3.05, 3.63) is 33.3 Å². The van der Waals surface area contributed by atoms with Crippen LogP contribution in [0.2, 0.25) is 5.02 Å². The van der Waals surface area contributed by atoms with Crippen LogP contribution < -0.4 is 5.32 Å². The first kappa shape index (κ1) is 12.6. The summed E-state index contributed by atoms with van der Waals surface area (Å²) in [5.41, 5.74) is -1.24. The van der Waals surface area contributed by atoms with Crippen LogP contribution in [0.15, 0.2) is 18.2 Å². The van der Waals surface area contributed by atoms with E-state index < -0.39 is 16.4 Å². The quantitative estimate of drug-likeness (QED) is 0.648. The number of hydrogen-bond donors (Lipinski definition) is 2. The van der Waals surface area contributed by atoms with E-state index in [9.17, 15) is 20.0 Å². The molecule has 0 bridgehead atoms. The molecule has 0 aromatic heterocycles. The van der Waals surface area contributed by atoms with E-state index in [0.717, 1.165) is 6.42 Å². The van der Waals surface area contributed by atoms with Crippen molar-refractivity contribution in [2.75, 3.05) is 5.32 Å². The van der Waals surface area contributed by atoms with E-state index in [1.807, 2.05) is 0 Å². The number of benzene rings is 1. The van der Waals surface area contributed by atoms with E-state index >= 15 is 0 Å². The number of rotatable bonds is 4. The van der Waals surface area contributed by atoms with Crippen molar-refractivity contribution in [2.24, 2.45) is 0 Å². The zero-order valence-corrected chi connectivity index (χ0v) is 10.1. The van der Waals surface area contributed by atoms with E-state index in [1.54, 1.807) is 6.07 Å². The molecule has 18 heavy (non-hydrogen) atoms. The second-order valence-electron chi connectivity index (χ2n) is 4.26. The van der Waals surface area contributed by atoms with Crippen LogP contribution in [0.3, 0.4) is 0 Å². The zero-order valence-electron chi connectivity index (χ0n) is 9.35. The third-order valence-corrected chi connectivity index (χ3v) is 3.46. The number of nitrogens with zero attached hydrogens (tertiary/aromatic N) is 1. The molecule has 0 radical (unpaired) electrons. The summed E-state index contributed by atoms with van der Waals surface area (Å²) in [6, 6.07) is 4.41. The molecule has 6 nitrogen and oxygen atoms in total. The molecule has 1 fully saturated rings. The van der Waals surface area contributed by atoms with Crippen LogP contribution in [0.25, 0.3) is 0 Å². The molecule has 1 aliphatic carbocycles. The van der Waals surface area contributed by atoms with Crippen LogP contribution in [-0.4, -0.2) is 21.5 Å². The fraction of sp³-hybridized carbons (Fsp3) is 0.364. The molecule has 96 valence electrons. The summed E-state index contributed by atoms with van der Waals surface area (Å²) in [7, 11) is 0. The number of carboxylic acid groups (broad SMARTS) is 1. The largest absolute Gasteiger partial charge is 0.480 e. The van der Waals surface area contributed by atoms with Crippen molar-refractivity contribution in [1.29, 1.82) is 0 Å². The molecule has 0 amide bonds. The summed E-state index contributed by atoms with van der Waals surface area (Å²) < 4.78 is 0. The highest BCUT2D eigenvalue weighted by Gasteiger charge is 2.45. The monoisotopic (exact) mass is 270 g/mol. The molecule has 1 aliphatic rings. The summed E-state index contributed by atoms with van der Waals surface area (Å²) in [4.78, 5) is 21.5. The molecular weight excluding hydrogens is 260 g/mol. The first-order chi connectivity index (χ1) is 8.46. The van der Waals surface area contributed by atoms with Gasteiger partial charge in [-0.05, 0) is 31.4 Å². The topological polar surface area (TPSA) is 92.5 Å². The summed E-state index contributed by atoms with van der Waals surface area (Å²) in [6.45, 7) is 0. The van der Waals surface area contributed by atoms with E-state index in [2.05, 4.69) is 5.32 Å². The van der Waals surface area contributed by atoms with E-state index in [-0.39, 0.29) is 16.4 Å². The summed E-state index contributed by atoms with van der Waals surface area (Å²) in [5, 5.41) is 22.9. The van der Waals surface area contributed by atoms with Gasteiger partial charge in [-0.25, -0.2) is 4.79 Å². The minimum absolute atomic E-state index is 0.00939. The van der Waals surface area contributed by atoms with Crippen molar-refractivity contribution >= 4 is 28.9 Å². The zero-order chi connectivity index (χ0) is 13.3. The van der Waals surface area contributed by atoms with Crippen LogP contribution in [0.5, 0.6) is 0 Å². The molecule has 0 aliphatic heterocycles. The molecule has 0 unspecified atom stereocenters.